The van der Waals surface area contributed by atoms with Gasteiger partial charge in [0.25, 0.3) is 10.0 Å². The molecule has 0 saturated carbocycles. The van der Waals surface area contributed by atoms with E-state index < -0.39 is 10.0 Å². The van der Waals surface area contributed by atoms with Crippen molar-refractivity contribution < 1.29 is 41.6 Å². The van der Waals surface area contributed by atoms with Crippen molar-refractivity contribution in [2.24, 2.45) is 0 Å². The van der Waals surface area contributed by atoms with E-state index in [-0.39, 0.29) is 40.3 Å². The summed E-state index contributed by atoms with van der Waals surface area (Å²) in [5.74, 6) is 0.189. The molecule has 288 valence electrons. The minimum absolute atomic E-state index is 0.00873. The van der Waals surface area contributed by atoms with E-state index in [2.05, 4.69) is 25.1 Å². The second-order valence-electron chi connectivity index (χ2n) is 11.9. The highest BCUT2D eigenvalue weighted by atomic mass is 32.2. The molecule has 0 aliphatic rings. The van der Waals surface area contributed by atoms with Gasteiger partial charge in [-0.15, -0.1) is 0 Å². The number of nitriles is 1. The standard InChI is InChI=1S/C39H41N5O9S2/c1-28-5-3-6-29(21-28)30-8-10-37(53-36-11-9-34(23-32(36)25-40)55(46,47)44-39-42-27-43-54-39)35(24-30)31-12-13-41-33(22-31)26-52-38(45)7-4-14-49-17-18-51-20-19-50-16-15-48-2/h3,5-6,8-13,21-24,27H,4,7,14-20,26H2,1-2H3,(H,42,43,44). The Labute approximate surface area is 324 Å². The van der Waals surface area contributed by atoms with Crippen molar-refractivity contribution in [3.63, 3.8) is 0 Å². The highest BCUT2D eigenvalue weighted by Gasteiger charge is 2.20. The molecule has 5 rings (SSSR count). The molecular weight excluding hydrogens is 747 g/mol. The van der Waals surface area contributed by atoms with Gasteiger partial charge in [-0.3, -0.25) is 14.5 Å². The fraction of sp³-hybridized carbons (Fsp3) is 0.308. The van der Waals surface area contributed by atoms with Crippen LogP contribution in [0.5, 0.6) is 11.5 Å². The van der Waals surface area contributed by atoms with E-state index in [4.69, 9.17) is 28.4 Å². The maximum absolute atomic E-state index is 13.0. The third kappa shape index (κ3) is 12.6. The quantitative estimate of drug-likeness (QED) is 0.0589. The van der Waals surface area contributed by atoms with Crippen LogP contribution in [0.25, 0.3) is 22.3 Å². The first kappa shape index (κ1) is 40.9. The summed E-state index contributed by atoms with van der Waals surface area (Å²) in [6.45, 7) is 5.24. The van der Waals surface area contributed by atoms with Crippen LogP contribution in [-0.2, 0) is 45.1 Å². The Morgan fingerprint density at radius 3 is 2.31 bits per heavy atom. The first-order valence-corrected chi connectivity index (χ1v) is 19.6. The number of nitrogens with zero attached hydrogens (tertiary/aromatic N) is 4. The highest BCUT2D eigenvalue weighted by Crippen LogP contribution is 2.38. The van der Waals surface area contributed by atoms with E-state index in [9.17, 15) is 18.5 Å². The van der Waals surface area contributed by atoms with Gasteiger partial charge in [0.1, 0.15) is 30.5 Å². The van der Waals surface area contributed by atoms with Crippen molar-refractivity contribution in [1.82, 2.24) is 14.3 Å². The van der Waals surface area contributed by atoms with Crippen LogP contribution in [0.3, 0.4) is 0 Å². The molecule has 0 bridgehead atoms. The van der Waals surface area contributed by atoms with Gasteiger partial charge in [-0.05, 0) is 72.5 Å². The van der Waals surface area contributed by atoms with Gasteiger partial charge in [0.15, 0.2) is 0 Å². The lowest BCUT2D eigenvalue weighted by Gasteiger charge is -2.16. The maximum Gasteiger partial charge on any atom is 0.306 e. The van der Waals surface area contributed by atoms with Crippen LogP contribution in [0, 0.1) is 18.3 Å². The molecule has 0 unspecified atom stereocenters. The largest absolute Gasteiger partial charge is 0.459 e. The second kappa shape index (κ2) is 21.0. The molecule has 0 aliphatic heterocycles. The van der Waals surface area contributed by atoms with Crippen molar-refractivity contribution >= 4 is 32.7 Å². The summed E-state index contributed by atoms with van der Waals surface area (Å²) in [5, 5.41) is 10.1. The number of aryl methyl sites for hydroxylation is 1. The van der Waals surface area contributed by atoms with Gasteiger partial charge in [-0.1, -0.05) is 35.9 Å². The van der Waals surface area contributed by atoms with Gasteiger partial charge in [-0.2, -0.15) is 9.64 Å². The molecule has 5 aromatic rings. The van der Waals surface area contributed by atoms with Gasteiger partial charge in [-0.25, -0.2) is 13.4 Å². The van der Waals surface area contributed by atoms with E-state index >= 15 is 0 Å². The Hall–Kier alpha value is -5.28. The summed E-state index contributed by atoms with van der Waals surface area (Å²) in [6.07, 6.45) is 3.54. The van der Waals surface area contributed by atoms with Gasteiger partial charge in [0, 0.05) is 43.4 Å². The molecule has 0 spiro atoms. The van der Waals surface area contributed by atoms with Crippen LogP contribution < -0.4 is 9.46 Å². The zero-order valence-corrected chi connectivity index (χ0v) is 32.1. The van der Waals surface area contributed by atoms with E-state index in [0.29, 0.717) is 69.7 Å². The van der Waals surface area contributed by atoms with Crippen LogP contribution in [0.4, 0.5) is 5.13 Å². The molecule has 0 amide bonds. The van der Waals surface area contributed by atoms with Crippen molar-refractivity contribution in [3.8, 4) is 39.8 Å². The summed E-state index contributed by atoms with van der Waals surface area (Å²) in [4.78, 5) is 20.7. The van der Waals surface area contributed by atoms with E-state index in [0.717, 1.165) is 33.8 Å². The molecule has 0 aliphatic carbocycles. The van der Waals surface area contributed by atoms with Crippen LogP contribution >= 0.6 is 11.5 Å². The van der Waals surface area contributed by atoms with Gasteiger partial charge < -0.3 is 28.4 Å². The van der Waals surface area contributed by atoms with Gasteiger partial charge in [0.2, 0.25) is 5.13 Å². The monoisotopic (exact) mass is 787 g/mol. The lowest BCUT2D eigenvalue weighted by atomic mass is 9.97. The first-order chi connectivity index (χ1) is 26.8. The van der Waals surface area contributed by atoms with Crippen LogP contribution in [-0.4, -0.2) is 82.1 Å². The van der Waals surface area contributed by atoms with Crippen LogP contribution in [0.15, 0.2) is 90.2 Å². The highest BCUT2D eigenvalue weighted by molar-refractivity contribution is 7.93. The van der Waals surface area contributed by atoms with Crippen molar-refractivity contribution in [3.05, 3.63) is 102 Å². The Balaban J connectivity index is 1.24. The smallest absolute Gasteiger partial charge is 0.306 e. The lowest BCUT2D eigenvalue weighted by molar-refractivity contribution is -0.145. The van der Waals surface area contributed by atoms with Crippen LogP contribution in [0.1, 0.15) is 29.7 Å². The number of methoxy groups -OCH3 is 1. The molecule has 1 N–H and O–H groups in total. The average Bonchev–Trinajstić information content (AvgIpc) is 3.70. The number of benzene rings is 3. The number of nitrogens with one attached hydrogen (secondary N) is 1. The number of ether oxygens (including phenoxy) is 6. The molecule has 0 saturated heterocycles. The molecule has 55 heavy (non-hydrogen) atoms. The summed E-state index contributed by atoms with van der Waals surface area (Å²) in [6, 6.07) is 23.4. The van der Waals surface area contributed by atoms with E-state index in [1.165, 1.54) is 24.5 Å². The zero-order chi connectivity index (χ0) is 38.9. The first-order valence-electron chi connectivity index (χ1n) is 17.3. The number of aromatic nitrogens is 3. The number of pyridine rings is 1. The molecular formula is C39H41N5O9S2. The van der Waals surface area contributed by atoms with Gasteiger partial charge >= 0.3 is 5.97 Å². The number of sulfonamides is 1. The minimum Gasteiger partial charge on any atom is -0.459 e. The van der Waals surface area contributed by atoms with Gasteiger partial charge in [0.05, 0.1) is 55.8 Å². The number of carbonyl (C=O) groups is 1. The molecule has 0 radical (unpaired) electrons. The molecule has 2 aromatic heterocycles. The van der Waals surface area contributed by atoms with Crippen molar-refractivity contribution in [1.29, 1.82) is 5.26 Å². The molecule has 14 nitrogen and oxygen atoms in total. The minimum atomic E-state index is -4.04. The van der Waals surface area contributed by atoms with Crippen LogP contribution in [0.2, 0.25) is 0 Å². The normalized spacial score (nSPS) is 11.2. The summed E-state index contributed by atoms with van der Waals surface area (Å²) >= 11 is 0.890. The molecule has 0 fully saturated rings. The van der Waals surface area contributed by atoms with E-state index in [1.807, 2.05) is 49.4 Å². The number of carbonyl (C=O) groups excluding carboxylic acids is 1. The Kier molecular flexibility index (Phi) is 15.6. The Bertz CT molecular complexity index is 2160. The number of anilines is 1. The SMILES string of the molecule is COCCOCCOCCOCCCC(=O)OCc1cc(-c2cc(-c3cccc(C)c3)ccc2Oc2ccc(S(=O)(=O)Nc3ncns3)cc2C#N)ccn1. The van der Waals surface area contributed by atoms with Crippen molar-refractivity contribution in [2.75, 3.05) is 58.1 Å². The Morgan fingerprint density at radius 2 is 1.58 bits per heavy atom. The lowest BCUT2D eigenvalue weighted by Crippen LogP contribution is -2.13. The summed E-state index contributed by atoms with van der Waals surface area (Å²) in [5.41, 5.74) is 4.93. The predicted octanol–water partition coefficient (Wildman–Crippen LogP) is 6.56. The topological polar surface area (TPSA) is 181 Å². The van der Waals surface area contributed by atoms with E-state index in [1.54, 1.807) is 25.4 Å². The fourth-order valence-corrected chi connectivity index (χ4v) is 6.85. The number of esters is 1. The molecule has 3 aromatic carbocycles. The second-order valence-corrected chi connectivity index (χ2v) is 14.4. The molecule has 2 heterocycles. The third-order valence-electron chi connectivity index (χ3n) is 7.87. The number of hydrogen-bond donors (Lipinski definition) is 1. The third-order valence-corrected chi connectivity index (χ3v) is 9.92. The summed E-state index contributed by atoms with van der Waals surface area (Å²) in [7, 11) is -2.42. The fourth-order valence-electron chi connectivity index (χ4n) is 5.17. The summed E-state index contributed by atoms with van der Waals surface area (Å²) < 4.78 is 65.2. The average molecular weight is 788 g/mol. The Morgan fingerprint density at radius 1 is 0.836 bits per heavy atom. The molecule has 0 atom stereocenters. The maximum atomic E-state index is 13.0. The predicted molar refractivity (Wildman–Crippen MR) is 205 cm³/mol. The number of rotatable bonds is 22. The number of hydrogen-bond acceptors (Lipinski definition) is 14. The zero-order valence-electron chi connectivity index (χ0n) is 30.4. The molecule has 16 heteroatoms. The van der Waals surface area contributed by atoms with Crippen molar-refractivity contribution in [2.45, 2.75) is 31.3 Å².